The quantitative estimate of drug-likeness (QED) is 0.324. The van der Waals surface area contributed by atoms with Crippen LogP contribution in [0.5, 0.6) is 0 Å². The summed E-state index contributed by atoms with van der Waals surface area (Å²) in [5, 5.41) is 0. The van der Waals surface area contributed by atoms with E-state index < -0.39 is 0 Å². The van der Waals surface area contributed by atoms with Crippen molar-refractivity contribution < 1.29 is 19.1 Å². The highest BCUT2D eigenvalue weighted by Crippen LogP contribution is 2.45. The molecule has 1 rings (SSSR count). The van der Waals surface area contributed by atoms with Crippen LogP contribution in [0.15, 0.2) is 34.3 Å². The molecule has 0 amide bonds. The van der Waals surface area contributed by atoms with E-state index in [0.717, 1.165) is 25.7 Å². The van der Waals surface area contributed by atoms with E-state index in [1.807, 2.05) is 0 Å². The van der Waals surface area contributed by atoms with Crippen LogP contribution < -0.4 is 0 Å². The summed E-state index contributed by atoms with van der Waals surface area (Å²) in [7, 11) is 2.81. The summed E-state index contributed by atoms with van der Waals surface area (Å²) in [6, 6.07) is 0. The lowest BCUT2D eigenvalue weighted by Crippen LogP contribution is -2.35. The lowest BCUT2D eigenvalue weighted by molar-refractivity contribution is -0.122. The Labute approximate surface area is 171 Å². The molecule has 0 aromatic rings. The second kappa shape index (κ2) is 10.6. The lowest BCUT2D eigenvalue weighted by atomic mass is 9.67. The van der Waals surface area contributed by atoms with Crippen LogP contribution in [0.4, 0.5) is 0 Å². The number of Topliss-reactive ketones (excluding diaryl/α,β-unsaturated/α-hetero) is 2. The number of methoxy groups -OCH3 is 2. The summed E-state index contributed by atoms with van der Waals surface area (Å²) in [5.74, 6) is 0.261. The van der Waals surface area contributed by atoms with Gasteiger partial charge in [0.1, 0.15) is 0 Å². The number of hydrogen-bond acceptors (Lipinski definition) is 4. The van der Waals surface area contributed by atoms with Gasteiger partial charge in [-0.15, -0.1) is 0 Å². The Bertz CT molecular complexity index is 671. The fourth-order valence-corrected chi connectivity index (χ4v) is 4.26. The average molecular weight is 391 g/mol. The molecule has 0 bridgehead atoms. The van der Waals surface area contributed by atoms with Crippen LogP contribution >= 0.6 is 0 Å². The van der Waals surface area contributed by atoms with Crippen molar-refractivity contribution in [3.63, 3.8) is 0 Å². The van der Waals surface area contributed by atoms with Gasteiger partial charge < -0.3 is 9.47 Å². The van der Waals surface area contributed by atoms with Gasteiger partial charge in [-0.3, -0.25) is 9.59 Å². The number of allylic oxidation sites excluding steroid dienone is 4. The van der Waals surface area contributed by atoms with E-state index in [4.69, 9.17) is 9.47 Å². The van der Waals surface area contributed by atoms with E-state index in [-0.39, 0.29) is 28.5 Å². The van der Waals surface area contributed by atoms with Crippen molar-refractivity contribution in [1.29, 1.82) is 0 Å². The molecule has 0 aromatic carbocycles. The molecule has 0 heterocycles. The Hall–Kier alpha value is -1.84. The monoisotopic (exact) mass is 390 g/mol. The smallest absolute Gasteiger partial charge is 0.228 e. The first kappa shape index (κ1) is 24.2. The predicted molar refractivity (Wildman–Crippen MR) is 114 cm³/mol. The van der Waals surface area contributed by atoms with Crippen LogP contribution in [-0.4, -0.2) is 25.8 Å². The van der Waals surface area contributed by atoms with Crippen molar-refractivity contribution in [2.24, 2.45) is 11.3 Å². The molecule has 0 N–H and O–H groups in total. The highest BCUT2D eigenvalue weighted by molar-refractivity contribution is 6.23. The first-order chi connectivity index (χ1) is 13.3. The van der Waals surface area contributed by atoms with E-state index >= 15 is 0 Å². The molecule has 4 nitrogen and oxygen atoms in total. The topological polar surface area (TPSA) is 52.6 Å². The van der Waals surface area contributed by atoms with Gasteiger partial charge in [0, 0.05) is 16.6 Å². The van der Waals surface area contributed by atoms with Crippen LogP contribution in [-0.2, 0) is 19.1 Å². The molecule has 1 aliphatic rings. The fourth-order valence-electron chi connectivity index (χ4n) is 4.26. The first-order valence-electron chi connectivity index (χ1n) is 10.5. The van der Waals surface area contributed by atoms with Crippen LogP contribution in [0.1, 0.15) is 80.1 Å². The number of carbonyl (C=O) groups excluding carboxylic acids is 2. The van der Waals surface area contributed by atoms with E-state index in [2.05, 4.69) is 40.7 Å². The Morgan fingerprint density at radius 3 is 1.89 bits per heavy atom. The second-order valence-electron chi connectivity index (χ2n) is 7.85. The third kappa shape index (κ3) is 4.76. The van der Waals surface area contributed by atoms with Crippen molar-refractivity contribution in [1.82, 2.24) is 0 Å². The van der Waals surface area contributed by atoms with E-state index in [1.54, 1.807) is 6.92 Å². The number of carbonyl (C=O) groups is 2. The zero-order valence-corrected chi connectivity index (χ0v) is 19.0. The highest BCUT2D eigenvalue weighted by Gasteiger charge is 2.43. The van der Waals surface area contributed by atoms with Crippen molar-refractivity contribution in [3.8, 4) is 0 Å². The van der Waals surface area contributed by atoms with Gasteiger partial charge in [0.05, 0.1) is 14.2 Å². The Morgan fingerprint density at radius 1 is 0.964 bits per heavy atom. The molecule has 0 aromatic heterocycles. The van der Waals surface area contributed by atoms with Gasteiger partial charge in [0.25, 0.3) is 0 Å². The molecule has 0 saturated heterocycles. The van der Waals surface area contributed by atoms with Gasteiger partial charge in [-0.2, -0.15) is 0 Å². The molecule has 0 unspecified atom stereocenters. The summed E-state index contributed by atoms with van der Waals surface area (Å²) in [6.45, 7) is 12.6. The van der Waals surface area contributed by atoms with E-state index in [0.29, 0.717) is 17.1 Å². The summed E-state index contributed by atoms with van der Waals surface area (Å²) < 4.78 is 10.5. The molecule has 0 fully saturated rings. The maximum Gasteiger partial charge on any atom is 0.228 e. The fraction of sp³-hybridized carbons (Fsp3) is 0.667. The van der Waals surface area contributed by atoms with Gasteiger partial charge in [-0.25, -0.2) is 0 Å². The molecule has 0 saturated carbocycles. The summed E-state index contributed by atoms with van der Waals surface area (Å²) in [4.78, 5) is 26.1. The van der Waals surface area contributed by atoms with Crippen molar-refractivity contribution in [2.75, 3.05) is 14.2 Å². The van der Waals surface area contributed by atoms with Crippen LogP contribution in [0.25, 0.3) is 0 Å². The first-order valence-corrected chi connectivity index (χ1v) is 10.5. The van der Waals surface area contributed by atoms with Crippen LogP contribution in [0.3, 0.4) is 0 Å². The minimum absolute atomic E-state index is 0.00955. The van der Waals surface area contributed by atoms with Gasteiger partial charge in [-0.05, 0) is 45.4 Å². The largest absolute Gasteiger partial charge is 0.489 e. The minimum Gasteiger partial charge on any atom is -0.489 e. The highest BCUT2D eigenvalue weighted by atomic mass is 16.5. The number of ketones is 2. The number of hydrogen-bond donors (Lipinski definition) is 0. The summed E-state index contributed by atoms with van der Waals surface area (Å²) in [6.07, 6.45) is 8.01. The number of ether oxygens (including phenoxy) is 2. The molecular weight excluding hydrogens is 352 g/mol. The third-order valence-electron chi connectivity index (χ3n) is 6.46. The van der Waals surface area contributed by atoms with Crippen LogP contribution in [0.2, 0.25) is 0 Å². The Morgan fingerprint density at radius 2 is 1.46 bits per heavy atom. The molecular formula is C24H38O4. The van der Waals surface area contributed by atoms with Crippen molar-refractivity contribution in [2.45, 2.75) is 80.1 Å². The molecule has 0 atom stereocenters. The van der Waals surface area contributed by atoms with E-state index in [9.17, 15) is 9.59 Å². The summed E-state index contributed by atoms with van der Waals surface area (Å²) in [5.41, 5.74) is 2.05. The molecule has 28 heavy (non-hydrogen) atoms. The van der Waals surface area contributed by atoms with Crippen molar-refractivity contribution >= 4 is 11.6 Å². The third-order valence-corrected chi connectivity index (χ3v) is 6.46. The molecule has 0 radical (unpaired) electrons. The maximum atomic E-state index is 13.3. The molecule has 0 spiro atoms. The Kier molecular flexibility index (Phi) is 9.19. The zero-order valence-electron chi connectivity index (χ0n) is 19.0. The van der Waals surface area contributed by atoms with Gasteiger partial charge in [-0.1, -0.05) is 52.2 Å². The normalized spacial score (nSPS) is 16.4. The van der Waals surface area contributed by atoms with E-state index in [1.165, 1.54) is 32.6 Å². The minimum atomic E-state index is -0.380. The maximum absolute atomic E-state index is 13.3. The second-order valence-corrected chi connectivity index (χ2v) is 7.85. The Balaban J connectivity index is 3.34. The van der Waals surface area contributed by atoms with Crippen LogP contribution in [0, 0.1) is 11.3 Å². The lowest BCUT2D eigenvalue weighted by Gasteiger charge is -2.36. The molecule has 1 aliphatic carbocycles. The van der Waals surface area contributed by atoms with Gasteiger partial charge in [0.2, 0.25) is 23.1 Å². The zero-order chi connectivity index (χ0) is 21.5. The molecule has 0 aliphatic heterocycles. The SMILES string of the molecule is CCC(CC)CC(C)=CCC(CC)(CC)C1=C(C)C(=O)C(OC)=C(OC)C1=O. The predicted octanol–water partition coefficient (Wildman–Crippen LogP) is 5.93. The summed E-state index contributed by atoms with van der Waals surface area (Å²) >= 11 is 0. The standard InChI is InChI=1S/C24H38O4/c1-9-18(10-2)15-16(5)13-14-24(11-3,12-4)19-17(6)20(25)22(27-7)23(28-8)21(19)26/h13,18H,9-12,14-15H2,1-8H3. The van der Waals surface area contributed by atoms with Crippen molar-refractivity contribution in [3.05, 3.63) is 34.3 Å². The molecule has 4 heteroatoms. The van der Waals surface area contributed by atoms with Gasteiger partial charge in [0.15, 0.2) is 0 Å². The molecule has 158 valence electrons. The van der Waals surface area contributed by atoms with Gasteiger partial charge >= 0.3 is 0 Å². The average Bonchev–Trinajstić information content (AvgIpc) is 2.71. The number of rotatable bonds is 11.